The molecule has 0 saturated carbocycles. The molecule has 0 fully saturated rings. The van der Waals surface area contributed by atoms with E-state index in [2.05, 4.69) is 34.0 Å². The average Bonchev–Trinajstić information content (AvgIpc) is 3.06. The average molecular weight is 550 g/mol. The number of halogens is 2. The van der Waals surface area contributed by atoms with Crippen LogP contribution in [0.15, 0.2) is 52.6 Å². The largest absolute Gasteiger partial charge is 0.394 e. The highest BCUT2D eigenvalue weighted by Crippen LogP contribution is 2.41. The highest BCUT2D eigenvalue weighted by atomic mass is 35.5. The number of pyridine rings is 1. The molecule has 1 aromatic carbocycles. The van der Waals surface area contributed by atoms with Gasteiger partial charge in [0.25, 0.3) is 0 Å². The van der Waals surface area contributed by atoms with Crippen molar-refractivity contribution in [3.63, 3.8) is 0 Å². The lowest BCUT2D eigenvalue weighted by Crippen LogP contribution is -2.48. The molecule has 3 N–H and O–H groups in total. The topological polar surface area (TPSA) is 96.3 Å². The Morgan fingerprint density at radius 2 is 1.78 bits per heavy atom. The van der Waals surface area contributed by atoms with Crippen LogP contribution < -0.4 is 10.6 Å². The summed E-state index contributed by atoms with van der Waals surface area (Å²) in [7, 11) is 0. The van der Waals surface area contributed by atoms with Crippen molar-refractivity contribution >= 4 is 46.8 Å². The van der Waals surface area contributed by atoms with E-state index in [1.165, 1.54) is 6.92 Å². The first kappa shape index (κ1) is 28.1. The molecule has 2 heterocycles. The van der Waals surface area contributed by atoms with Crippen LogP contribution in [0.1, 0.15) is 49.1 Å². The minimum absolute atomic E-state index is 0.149. The van der Waals surface area contributed by atoms with Gasteiger partial charge in [0.05, 0.1) is 11.6 Å². The number of carbonyl (C=O) groups is 2. The monoisotopic (exact) mass is 548 g/mol. The van der Waals surface area contributed by atoms with Crippen LogP contribution in [0.25, 0.3) is 0 Å². The molecule has 0 aliphatic rings. The van der Waals surface area contributed by atoms with Crippen molar-refractivity contribution in [2.24, 2.45) is 0 Å². The summed E-state index contributed by atoms with van der Waals surface area (Å²) >= 11 is 14.1. The summed E-state index contributed by atoms with van der Waals surface area (Å²) in [4.78, 5) is 29.1. The number of aliphatic hydroxyl groups is 1. The van der Waals surface area contributed by atoms with E-state index in [0.29, 0.717) is 16.6 Å². The maximum absolute atomic E-state index is 12.7. The van der Waals surface area contributed by atoms with Crippen molar-refractivity contribution in [2.75, 3.05) is 6.61 Å². The summed E-state index contributed by atoms with van der Waals surface area (Å²) in [6, 6.07) is 8.39. The first-order valence-electron chi connectivity index (χ1n) is 11.5. The van der Waals surface area contributed by atoms with E-state index >= 15 is 0 Å². The van der Waals surface area contributed by atoms with Crippen LogP contribution in [-0.2, 0) is 22.7 Å². The number of nitrogens with one attached hydrogen (secondary N) is 2. The Bertz CT molecular complexity index is 1210. The van der Waals surface area contributed by atoms with Crippen LogP contribution in [0.5, 0.6) is 0 Å². The molecule has 0 aliphatic carbocycles. The van der Waals surface area contributed by atoms with Crippen LogP contribution in [0.2, 0.25) is 10.0 Å². The van der Waals surface area contributed by atoms with E-state index in [1.807, 2.05) is 31.2 Å². The number of aromatic nitrogens is 2. The van der Waals surface area contributed by atoms with Crippen LogP contribution in [-0.4, -0.2) is 39.1 Å². The molecule has 2 aromatic heterocycles. The fourth-order valence-electron chi connectivity index (χ4n) is 4.01. The lowest BCUT2D eigenvalue weighted by atomic mass is 10.0. The van der Waals surface area contributed by atoms with E-state index in [-0.39, 0.29) is 18.4 Å². The zero-order valence-electron chi connectivity index (χ0n) is 20.6. The summed E-state index contributed by atoms with van der Waals surface area (Å²) in [6.07, 6.45) is 3.53. The van der Waals surface area contributed by atoms with Crippen molar-refractivity contribution in [1.82, 2.24) is 20.2 Å². The zero-order chi connectivity index (χ0) is 26.4. The molecule has 192 valence electrons. The first-order chi connectivity index (χ1) is 17.1. The van der Waals surface area contributed by atoms with Gasteiger partial charge in [0.15, 0.2) is 0 Å². The second-order valence-electron chi connectivity index (χ2n) is 8.74. The van der Waals surface area contributed by atoms with Crippen LogP contribution in [0, 0.1) is 6.92 Å². The van der Waals surface area contributed by atoms with Crippen molar-refractivity contribution in [1.29, 1.82) is 0 Å². The van der Waals surface area contributed by atoms with E-state index in [1.54, 1.807) is 30.2 Å². The Hall–Kier alpha value is -2.52. The number of hydrogen-bond acceptors (Lipinski definition) is 5. The standard InChI is InChI=1S/C26H30Cl2N4O3S/c1-15(2)24-22(12-30-25(35)23(14-33)31-17(4)34)16(3)32(13-18-5-7-29-8-6-18)26(24)36-21-10-19(27)9-20(28)11-21/h5-11,15,23,33H,12-14H2,1-4H3,(H,30,35)(H,31,34). The van der Waals surface area contributed by atoms with Gasteiger partial charge in [0.1, 0.15) is 6.04 Å². The Labute approximate surface area is 225 Å². The highest BCUT2D eigenvalue weighted by Gasteiger charge is 2.25. The van der Waals surface area contributed by atoms with Crippen LogP contribution >= 0.6 is 35.0 Å². The zero-order valence-corrected chi connectivity index (χ0v) is 23.0. The Kier molecular flexibility index (Phi) is 9.84. The third-order valence-corrected chi connectivity index (χ3v) is 7.22. The molecule has 1 atom stereocenters. The Morgan fingerprint density at radius 1 is 1.14 bits per heavy atom. The lowest BCUT2D eigenvalue weighted by molar-refractivity contribution is -0.129. The molecule has 0 aliphatic heterocycles. The minimum Gasteiger partial charge on any atom is -0.394 e. The van der Waals surface area contributed by atoms with Gasteiger partial charge >= 0.3 is 0 Å². The fraction of sp³-hybridized carbons (Fsp3) is 0.346. The number of aliphatic hydroxyl groups excluding tert-OH is 1. The molecule has 3 aromatic rings. The van der Waals surface area contributed by atoms with Gasteiger partial charge in [0.2, 0.25) is 11.8 Å². The summed E-state index contributed by atoms with van der Waals surface area (Å²) in [6.45, 7) is 7.94. The number of amides is 2. The Balaban J connectivity index is 2.04. The molecule has 36 heavy (non-hydrogen) atoms. The number of benzene rings is 1. The molecule has 3 rings (SSSR count). The molecule has 2 amide bonds. The second-order valence-corrected chi connectivity index (χ2v) is 10.7. The maximum atomic E-state index is 12.7. The van der Waals surface area contributed by atoms with Crippen molar-refractivity contribution in [3.05, 3.63) is 75.2 Å². The summed E-state index contributed by atoms with van der Waals surface area (Å²) < 4.78 is 2.23. The second kappa shape index (κ2) is 12.6. The van der Waals surface area contributed by atoms with Crippen LogP contribution in [0.4, 0.5) is 0 Å². The summed E-state index contributed by atoms with van der Waals surface area (Å²) in [5.74, 6) is -0.680. The molecule has 10 heteroatoms. The quantitative estimate of drug-likeness (QED) is 0.333. The maximum Gasteiger partial charge on any atom is 0.245 e. The van der Waals surface area contributed by atoms with Gasteiger partial charge in [-0.1, -0.05) is 48.8 Å². The van der Waals surface area contributed by atoms with Crippen molar-refractivity contribution in [2.45, 2.75) is 62.7 Å². The van der Waals surface area contributed by atoms with E-state index in [4.69, 9.17) is 23.2 Å². The van der Waals surface area contributed by atoms with Gasteiger partial charge in [-0.05, 0) is 59.9 Å². The van der Waals surface area contributed by atoms with Crippen LogP contribution in [0.3, 0.4) is 0 Å². The number of rotatable bonds is 10. The Morgan fingerprint density at radius 3 is 2.33 bits per heavy atom. The van der Waals surface area contributed by atoms with E-state index in [0.717, 1.165) is 32.3 Å². The van der Waals surface area contributed by atoms with Gasteiger partial charge in [-0.25, -0.2) is 0 Å². The molecular weight excluding hydrogens is 519 g/mol. The number of hydrogen-bond donors (Lipinski definition) is 3. The smallest absolute Gasteiger partial charge is 0.245 e. The van der Waals surface area contributed by atoms with Gasteiger partial charge in [-0.15, -0.1) is 0 Å². The van der Waals surface area contributed by atoms with Gasteiger partial charge in [0, 0.05) is 53.0 Å². The predicted molar refractivity (Wildman–Crippen MR) is 144 cm³/mol. The molecule has 7 nitrogen and oxygen atoms in total. The molecule has 0 spiro atoms. The molecular formula is C26H30Cl2N4O3S. The molecule has 0 radical (unpaired) electrons. The van der Waals surface area contributed by atoms with Crippen molar-refractivity contribution in [3.8, 4) is 0 Å². The van der Waals surface area contributed by atoms with Gasteiger partial charge in [-0.2, -0.15) is 0 Å². The van der Waals surface area contributed by atoms with Gasteiger partial charge in [-0.3, -0.25) is 14.6 Å². The van der Waals surface area contributed by atoms with E-state index in [9.17, 15) is 14.7 Å². The van der Waals surface area contributed by atoms with E-state index < -0.39 is 18.6 Å². The SMILES string of the molecule is CC(=O)NC(CO)C(=O)NCc1c(C(C)C)c(Sc2cc(Cl)cc(Cl)c2)n(Cc2ccncc2)c1C. The summed E-state index contributed by atoms with van der Waals surface area (Å²) in [5.41, 5.74) is 4.18. The fourth-order valence-corrected chi connectivity index (χ4v) is 6.04. The first-order valence-corrected chi connectivity index (χ1v) is 13.1. The minimum atomic E-state index is -1.01. The number of carbonyl (C=O) groups excluding carboxylic acids is 2. The summed E-state index contributed by atoms with van der Waals surface area (Å²) in [5, 5.41) is 17.1. The third-order valence-electron chi connectivity index (χ3n) is 5.68. The highest BCUT2D eigenvalue weighted by molar-refractivity contribution is 7.99. The van der Waals surface area contributed by atoms with Crippen molar-refractivity contribution < 1.29 is 14.7 Å². The lowest BCUT2D eigenvalue weighted by Gasteiger charge is -2.16. The molecule has 1 unspecified atom stereocenters. The molecule has 0 saturated heterocycles. The predicted octanol–water partition coefficient (Wildman–Crippen LogP) is 4.93. The normalized spacial score (nSPS) is 12.0. The third kappa shape index (κ3) is 7.03. The number of nitrogens with zero attached hydrogens (tertiary/aromatic N) is 2. The molecule has 0 bridgehead atoms. The van der Waals surface area contributed by atoms with Gasteiger partial charge < -0.3 is 20.3 Å².